The average Bonchev–Trinajstić information content (AvgIpc) is 1.83. The molecule has 0 aliphatic rings. The highest BCUT2D eigenvalue weighted by atomic mass is 19.2. The van der Waals surface area contributed by atoms with Gasteiger partial charge in [0.2, 0.25) is 5.82 Å². The Balaban J connectivity index is 3.43. The van der Waals surface area contributed by atoms with Crippen LogP contribution in [0.1, 0.15) is 0 Å². The van der Waals surface area contributed by atoms with E-state index in [0.717, 1.165) is 12.3 Å². The molecule has 0 bridgehead atoms. The van der Waals surface area contributed by atoms with Crippen molar-refractivity contribution < 1.29 is 13.2 Å². The van der Waals surface area contributed by atoms with E-state index in [9.17, 15) is 13.6 Å². The molecule has 0 spiro atoms. The van der Waals surface area contributed by atoms with Gasteiger partial charge in [-0.3, -0.25) is 0 Å². The molecule has 1 aromatic rings. The third-order valence-electron chi connectivity index (χ3n) is 0.778. The first kappa shape index (κ1) is 5.94. The SMILES string of the molecule is O=c1occc(F)c1F. The van der Waals surface area contributed by atoms with Crippen LogP contribution in [-0.4, -0.2) is 0 Å². The van der Waals surface area contributed by atoms with Gasteiger partial charge >= 0.3 is 5.63 Å². The highest BCUT2D eigenvalue weighted by Gasteiger charge is 2.04. The Morgan fingerprint density at radius 3 is 2.56 bits per heavy atom. The average molecular weight is 132 g/mol. The molecule has 0 radical (unpaired) electrons. The van der Waals surface area contributed by atoms with Crippen LogP contribution in [0.2, 0.25) is 0 Å². The van der Waals surface area contributed by atoms with E-state index < -0.39 is 17.3 Å². The smallest absolute Gasteiger partial charge is 0.375 e. The molecule has 2 nitrogen and oxygen atoms in total. The maximum absolute atomic E-state index is 11.9. The molecular formula is C5H2F2O2. The Bertz CT molecular complexity index is 266. The summed E-state index contributed by atoms with van der Waals surface area (Å²) in [6.07, 6.45) is 0.792. The third-order valence-corrected chi connectivity index (χ3v) is 0.778. The second-order valence-electron chi connectivity index (χ2n) is 1.37. The zero-order valence-electron chi connectivity index (χ0n) is 4.23. The largest absolute Gasteiger partial charge is 0.429 e. The lowest BCUT2D eigenvalue weighted by atomic mass is 10.5. The van der Waals surface area contributed by atoms with Crippen LogP contribution in [0, 0.1) is 11.6 Å². The topological polar surface area (TPSA) is 30.2 Å². The monoisotopic (exact) mass is 132 g/mol. The molecule has 1 rings (SSSR count). The first-order valence-corrected chi connectivity index (χ1v) is 2.14. The van der Waals surface area contributed by atoms with Crippen molar-refractivity contribution in [3.63, 3.8) is 0 Å². The third kappa shape index (κ3) is 0.960. The lowest BCUT2D eigenvalue weighted by molar-refractivity contribution is 0.408. The summed E-state index contributed by atoms with van der Waals surface area (Å²) >= 11 is 0. The number of halogens is 2. The minimum Gasteiger partial charge on any atom is -0.429 e. The molecule has 0 unspecified atom stereocenters. The lowest BCUT2D eigenvalue weighted by Gasteiger charge is -1.84. The van der Waals surface area contributed by atoms with Crippen LogP contribution in [0.4, 0.5) is 8.78 Å². The fourth-order valence-corrected chi connectivity index (χ4v) is 0.378. The predicted octanol–water partition coefficient (Wildman–Crippen LogP) is 0.918. The number of hydrogen-bond donors (Lipinski definition) is 0. The summed E-state index contributed by atoms with van der Waals surface area (Å²) in [5, 5.41) is 0. The van der Waals surface area contributed by atoms with E-state index >= 15 is 0 Å². The Morgan fingerprint density at radius 2 is 2.11 bits per heavy atom. The summed E-state index contributed by atoms with van der Waals surface area (Å²) in [5.41, 5.74) is -1.28. The molecule has 0 aliphatic carbocycles. The van der Waals surface area contributed by atoms with Crippen molar-refractivity contribution in [3.8, 4) is 0 Å². The van der Waals surface area contributed by atoms with Crippen LogP contribution in [0.15, 0.2) is 21.5 Å². The second-order valence-corrected chi connectivity index (χ2v) is 1.37. The van der Waals surface area contributed by atoms with E-state index in [1.54, 1.807) is 0 Å². The molecule has 0 saturated carbocycles. The minimum atomic E-state index is -1.47. The van der Waals surface area contributed by atoms with Crippen molar-refractivity contribution in [2.75, 3.05) is 0 Å². The Kier molecular flexibility index (Phi) is 1.30. The number of rotatable bonds is 0. The fraction of sp³-hybridized carbons (Fsp3) is 0. The molecular weight excluding hydrogens is 130 g/mol. The molecule has 0 saturated heterocycles. The van der Waals surface area contributed by atoms with Crippen molar-refractivity contribution in [1.82, 2.24) is 0 Å². The van der Waals surface area contributed by atoms with E-state index in [4.69, 9.17) is 0 Å². The van der Waals surface area contributed by atoms with Crippen LogP contribution in [0.25, 0.3) is 0 Å². The van der Waals surface area contributed by atoms with E-state index in [0.29, 0.717) is 0 Å². The van der Waals surface area contributed by atoms with Gasteiger partial charge in [0.05, 0.1) is 6.26 Å². The van der Waals surface area contributed by atoms with Gasteiger partial charge in [0.25, 0.3) is 0 Å². The summed E-state index contributed by atoms with van der Waals surface area (Å²) < 4.78 is 27.9. The van der Waals surface area contributed by atoms with E-state index in [1.807, 2.05) is 0 Å². The molecule has 9 heavy (non-hydrogen) atoms. The zero-order valence-corrected chi connectivity index (χ0v) is 4.23. The van der Waals surface area contributed by atoms with Crippen LogP contribution in [0.3, 0.4) is 0 Å². The summed E-state index contributed by atoms with van der Waals surface area (Å²) in [4.78, 5) is 10.1. The van der Waals surface area contributed by atoms with E-state index in [1.165, 1.54) is 0 Å². The Labute approximate surface area is 48.7 Å². The molecule has 0 aromatic carbocycles. The van der Waals surface area contributed by atoms with Crippen molar-refractivity contribution in [3.05, 3.63) is 34.4 Å². The summed E-state index contributed by atoms with van der Waals surface area (Å²) in [6, 6.07) is 0.733. The zero-order chi connectivity index (χ0) is 6.85. The van der Waals surface area contributed by atoms with Gasteiger partial charge in [-0.25, -0.2) is 9.18 Å². The standard InChI is InChI=1S/C5H2F2O2/c6-3-1-2-9-5(8)4(3)7/h1-2H. The number of hydrogen-bond acceptors (Lipinski definition) is 2. The molecule has 0 aliphatic heterocycles. The van der Waals surface area contributed by atoms with Gasteiger partial charge in [0, 0.05) is 6.07 Å². The van der Waals surface area contributed by atoms with Crippen molar-refractivity contribution in [2.24, 2.45) is 0 Å². The van der Waals surface area contributed by atoms with Gasteiger partial charge in [-0.05, 0) is 0 Å². The molecule has 0 atom stereocenters. The molecule has 1 heterocycles. The fourth-order valence-electron chi connectivity index (χ4n) is 0.378. The highest BCUT2D eigenvalue weighted by molar-refractivity contribution is 4.94. The normalized spacial score (nSPS) is 9.56. The van der Waals surface area contributed by atoms with Crippen LogP contribution >= 0.6 is 0 Å². The maximum atomic E-state index is 11.9. The van der Waals surface area contributed by atoms with Gasteiger partial charge in [0.15, 0.2) is 5.82 Å². The van der Waals surface area contributed by atoms with Crippen molar-refractivity contribution >= 4 is 0 Å². The van der Waals surface area contributed by atoms with Gasteiger partial charge in [-0.15, -0.1) is 0 Å². The molecule has 1 aromatic heterocycles. The highest BCUT2D eigenvalue weighted by Crippen LogP contribution is 1.96. The summed E-state index contributed by atoms with van der Waals surface area (Å²) in [7, 11) is 0. The molecule has 0 amide bonds. The quantitative estimate of drug-likeness (QED) is 0.525. The van der Waals surface area contributed by atoms with Gasteiger partial charge < -0.3 is 4.42 Å². The summed E-state index contributed by atoms with van der Waals surface area (Å²) in [5.74, 6) is -2.66. The second kappa shape index (κ2) is 1.97. The molecule has 0 fully saturated rings. The van der Waals surface area contributed by atoms with E-state index in [2.05, 4.69) is 4.42 Å². The first-order valence-electron chi connectivity index (χ1n) is 2.14. The van der Waals surface area contributed by atoms with Crippen LogP contribution in [0.5, 0.6) is 0 Å². The predicted molar refractivity (Wildman–Crippen MR) is 24.9 cm³/mol. The van der Waals surface area contributed by atoms with Crippen molar-refractivity contribution in [2.45, 2.75) is 0 Å². The lowest BCUT2D eigenvalue weighted by Crippen LogP contribution is -2.05. The molecule has 0 N–H and O–H groups in total. The Morgan fingerprint density at radius 1 is 1.44 bits per heavy atom. The molecule has 4 heteroatoms. The van der Waals surface area contributed by atoms with Crippen molar-refractivity contribution in [1.29, 1.82) is 0 Å². The Hall–Kier alpha value is -1.19. The van der Waals surface area contributed by atoms with Gasteiger partial charge in [0.1, 0.15) is 0 Å². The van der Waals surface area contributed by atoms with Gasteiger partial charge in [-0.1, -0.05) is 0 Å². The van der Waals surface area contributed by atoms with Crippen LogP contribution in [-0.2, 0) is 0 Å². The molecule has 48 valence electrons. The summed E-state index contributed by atoms with van der Waals surface area (Å²) in [6.45, 7) is 0. The first-order chi connectivity index (χ1) is 4.22. The van der Waals surface area contributed by atoms with Crippen LogP contribution < -0.4 is 5.63 Å². The minimum absolute atomic E-state index is 0.733. The van der Waals surface area contributed by atoms with E-state index in [-0.39, 0.29) is 0 Å². The van der Waals surface area contributed by atoms with Gasteiger partial charge in [-0.2, -0.15) is 4.39 Å². The maximum Gasteiger partial charge on any atom is 0.375 e.